The van der Waals surface area contributed by atoms with E-state index in [4.69, 9.17) is 0 Å². The van der Waals surface area contributed by atoms with Gasteiger partial charge in [-0.1, -0.05) is 0 Å². The van der Waals surface area contributed by atoms with Crippen molar-refractivity contribution < 1.29 is 45.1 Å². The van der Waals surface area contributed by atoms with Gasteiger partial charge in [0.05, 0.1) is 0 Å². The third kappa shape index (κ3) is 6.91. The molecule has 1 aliphatic heterocycles. The summed E-state index contributed by atoms with van der Waals surface area (Å²) in [6, 6.07) is 33.4. The SMILES string of the molecule is CCCC1=Cc2c(-c3ccc(C(C)(C)C)cc3)cccc2[CH]1[Zr+2]1([CH]2C(CCC)=Cc3c(-c4ccc(C(C)(C)C)cc4)cccc32)[CH2][CH2]1.[Cl-].[Cl-]. The molecular weight excluding hydrogens is 715 g/mol. The number of halogens is 2. The molecule has 3 heteroatoms. The van der Waals surface area contributed by atoms with Crippen molar-refractivity contribution in [3.8, 4) is 22.3 Å². The van der Waals surface area contributed by atoms with Crippen LogP contribution in [0, 0.1) is 0 Å². The number of hydrogen-bond donors (Lipinski definition) is 0. The minimum absolute atomic E-state index is 0. The molecule has 1 heterocycles. The van der Waals surface area contributed by atoms with E-state index in [1.54, 1.807) is 22.3 Å². The van der Waals surface area contributed by atoms with Crippen LogP contribution < -0.4 is 24.8 Å². The van der Waals surface area contributed by atoms with Gasteiger partial charge in [-0.15, -0.1) is 0 Å². The Morgan fingerprint density at radius 3 is 1.20 bits per heavy atom. The second kappa shape index (κ2) is 14.4. The molecule has 49 heavy (non-hydrogen) atoms. The minimum atomic E-state index is -2.76. The Kier molecular flexibility index (Phi) is 11.2. The normalized spacial score (nSPS) is 18.2. The van der Waals surface area contributed by atoms with Crippen molar-refractivity contribution >= 4 is 12.2 Å². The summed E-state index contributed by atoms with van der Waals surface area (Å²) in [5.74, 6) is 0. The maximum Gasteiger partial charge on any atom is -1.00 e. The Morgan fingerprint density at radius 2 is 0.898 bits per heavy atom. The second-order valence-electron chi connectivity index (χ2n) is 16.8. The van der Waals surface area contributed by atoms with E-state index in [0.29, 0.717) is 7.25 Å². The van der Waals surface area contributed by atoms with Gasteiger partial charge in [-0.3, -0.25) is 0 Å². The molecule has 256 valence electrons. The minimum Gasteiger partial charge on any atom is -1.00 e. The van der Waals surface area contributed by atoms with Crippen LogP contribution in [0.15, 0.2) is 96.1 Å². The number of allylic oxidation sites excluding steroid dienone is 2. The fourth-order valence-electron chi connectivity index (χ4n) is 8.99. The first-order chi connectivity index (χ1) is 22.5. The molecule has 2 unspecified atom stereocenters. The Hall–Kier alpha value is -2.18. The van der Waals surface area contributed by atoms with E-state index < -0.39 is 20.3 Å². The Morgan fingerprint density at radius 1 is 0.531 bits per heavy atom. The molecule has 0 nitrogen and oxygen atoms in total. The van der Waals surface area contributed by atoms with Crippen LogP contribution in [0.5, 0.6) is 0 Å². The number of hydrogen-bond acceptors (Lipinski definition) is 0. The van der Waals surface area contributed by atoms with Gasteiger partial charge in [0, 0.05) is 0 Å². The van der Waals surface area contributed by atoms with Gasteiger partial charge < -0.3 is 24.8 Å². The van der Waals surface area contributed by atoms with Crippen LogP contribution in [0.3, 0.4) is 0 Å². The van der Waals surface area contributed by atoms with Crippen molar-refractivity contribution in [3.05, 3.63) is 129 Å². The van der Waals surface area contributed by atoms with Gasteiger partial charge in [0.2, 0.25) is 0 Å². The quantitative estimate of drug-likeness (QED) is 0.172. The molecule has 0 radical (unpaired) electrons. The summed E-state index contributed by atoms with van der Waals surface area (Å²) in [5.41, 5.74) is 18.6. The first-order valence-corrected chi connectivity index (χ1v) is 24.7. The van der Waals surface area contributed by atoms with E-state index in [9.17, 15) is 0 Å². The van der Waals surface area contributed by atoms with E-state index in [-0.39, 0.29) is 35.6 Å². The molecule has 0 aromatic heterocycles. The van der Waals surface area contributed by atoms with Crippen LogP contribution in [0.25, 0.3) is 34.4 Å². The number of fused-ring (bicyclic) bond motifs is 2. The number of rotatable bonds is 8. The maximum absolute atomic E-state index is 2.76. The summed E-state index contributed by atoms with van der Waals surface area (Å²) in [5, 5.41) is 0. The smallest absolute Gasteiger partial charge is 1.00 e. The second-order valence-corrected chi connectivity index (χ2v) is 28.2. The average molecular weight is 769 g/mol. The van der Waals surface area contributed by atoms with Crippen LogP contribution in [-0.2, 0) is 31.1 Å². The van der Waals surface area contributed by atoms with E-state index in [2.05, 4.69) is 152 Å². The summed E-state index contributed by atoms with van der Waals surface area (Å²) in [6.07, 6.45) is 10.2. The van der Waals surface area contributed by atoms with Crippen molar-refractivity contribution in [2.24, 2.45) is 0 Å². The van der Waals surface area contributed by atoms with E-state index in [1.165, 1.54) is 78.4 Å². The molecule has 4 aromatic rings. The summed E-state index contributed by atoms with van der Waals surface area (Å²) in [4.78, 5) is 0. The topological polar surface area (TPSA) is 0 Å². The largest absolute Gasteiger partial charge is 1.00 e. The van der Waals surface area contributed by atoms with Crippen LogP contribution >= 0.6 is 0 Å². The summed E-state index contributed by atoms with van der Waals surface area (Å²) in [6.45, 7) is 18.6. The molecule has 1 saturated heterocycles. The fraction of sp³-hybridized carbons (Fsp3) is 0.391. The standard InChI is InChI=1S/2C22H25.C2H4.2ClH.Zr/c2*1-5-7-16-14-18-8-6-9-20(21(18)15-16)17-10-12-19(13-11-17)22(2,3)4;1-2;;;/h2*6,8-15H,5,7H2,1-4H3;1-2H2;2*1H;/q;;;;;+2/p-2. The molecule has 0 N–H and O–H groups in total. The van der Waals surface area contributed by atoms with Crippen molar-refractivity contribution in [2.75, 3.05) is 0 Å². The zero-order valence-corrected chi connectivity index (χ0v) is 34.9. The Labute approximate surface area is 314 Å². The molecule has 4 aromatic carbocycles. The van der Waals surface area contributed by atoms with Gasteiger partial charge in [-0.25, -0.2) is 0 Å². The number of benzene rings is 4. The molecule has 2 atom stereocenters. The van der Waals surface area contributed by atoms with Gasteiger partial charge in [0.1, 0.15) is 0 Å². The zero-order valence-electron chi connectivity index (χ0n) is 30.9. The van der Waals surface area contributed by atoms with Gasteiger partial charge in [-0.2, -0.15) is 0 Å². The first kappa shape index (κ1) is 38.1. The molecule has 0 saturated carbocycles. The fourth-order valence-corrected chi connectivity index (χ4v) is 26.6. The van der Waals surface area contributed by atoms with Crippen LogP contribution in [0.1, 0.15) is 122 Å². The monoisotopic (exact) mass is 766 g/mol. The average Bonchev–Trinajstić information content (AvgIpc) is 3.59. The van der Waals surface area contributed by atoms with Crippen molar-refractivity contribution in [1.29, 1.82) is 0 Å². The maximum atomic E-state index is 2.67. The van der Waals surface area contributed by atoms with Crippen LogP contribution in [-0.4, -0.2) is 0 Å². The van der Waals surface area contributed by atoms with Gasteiger partial charge in [0.15, 0.2) is 0 Å². The Bertz CT molecular complexity index is 1720. The zero-order chi connectivity index (χ0) is 33.1. The van der Waals surface area contributed by atoms with Gasteiger partial charge in [-0.05, 0) is 0 Å². The predicted molar refractivity (Wildman–Crippen MR) is 202 cm³/mol. The summed E-state index contributed by atoms with van der Waals surface area (Å²) >= 11 is -2.76. The van der Waals surface area contributed by atoms with E-state index >= 15 is 0 Å². The third-order valence-corrected chi connectivity index (χ3v) is 24.6. The van der Waals surface area contributed by atoms with Gasteiger partial charge >= 0.3 is 292 Å². The predicted octanol–water partition coefficient (Wildman–Crippen LogP) is 7.80. The molecule has 3 aliphatic rings. The molecule has 0 spiro atoms. The van der Waals surface area contributed by atoms with Crippen molar-refractivity contribution in [2.45, 2.75) is 107 Å². The molecule has 7 rings (SSSR count). The molecule has 2 aliphatic carbocycles. The van der Waals surface area contributed by atoms with E-state index in [1.807, 2.05) is 0 Å². The molecule has 1 fully saturated rings. The van der Waals surface area contributed by atoms with Crippen LogP contribution in [0.2, 0.25) is 8.26 Å². The first-order valence-electron chi connectivity index (χ1n) is 18.3. The summed E-state index contributed by atoms with van der Waals surface area (Å²) < 4.78 is 4.41. The van der Waals surface area contributed by atoms with Crippen LogP contribution in [0.4, 0.5) is 0 Å². The third-order valence-electron chi connectivity index (χ3n) is 11.5. The summed E-state index contributed by atoms with van der Waals surface area (Å²) in [7, 11) is 0. The molecular formula is C46H54Cl2Zr. The molecule has 0 bridgehead atoms. The Balaban J connectivity index is 0.00000234. The van der Waals surface area contributed by atoms with Crippen molar-refractivity contribution in [3.63, 3.8) is 0 Å². The van der Waals surface area contributed by atoms with Crippen molar-refractivity contribution in [1.82, 2.24) is 0 Å². The molecule has 0 amide bonds. The van der Waals surface area contributed by atoms with Gasteiger partial charge in [0.25, 0.3) is 0 Å². The van der Waals surface area contributed by atoms with E-state index in [0.717, 1.165) is 0 Å².